The van der Waals surface area contributed by atoms with Crippen molar-refractivity contribution in [3.8, 4) is 134 Å². The van der Waals surface area contributed by atoms with Crippen molar-refractivity contribution in [2.24, 2.45) is 0 Å². The lowest BCUT2D eigenvalue weighted by Crippen LogP contribution is -2.03. The van der Waals surface area contributed by atoms with Gasteiger partial charge in [0.2, 0.25) is 0 Å². The maximum atomic E-state index is 15.3. The molecule has 0 aliphatic heterocycles. The number of carbonyl (C=O) groups is 1. The predicted octanol–water partition coefficient (Wildman–Crippen LogP) is 29.1. The molecule has 20 aromatic rings. The molecule has 0 aliphatic carbocycles. The Morgan fingerprint density at radius 1 is 0.143 bits per heavy atom. The summed E-state index contributed by atoms with van der Waals surface area (Å²) in [5, 5.41) is 5.06. The third kappa shape index (κ3) is 13.6. The van der Waals surface area contributed by atoms with E-state index in [-0.39, 0.29) is 5.78 Å². The van der Waals surface area contributed by atoms with Crippen LogP contribution in [0.15, 0.2) is 449 Å². The monoisotopic (exact) mass is 1430 g/mol. The number of carbonyl (C=O) groups excluding carboxylic acids is 1. The second-order valence-electron chi connectivity index (χ2n) is 28.7. The maximum Gasteiger partial charge on any atom is 0.193 e. The highest BCUT2D eigenvalue weighted by Gasteiger charge is 2.21. The number of ketones is 1. The van der Waals surface area contributed by atoms with Gasteiger partial charge < -0.3 is 9.13 Å². The van der Waals surface area contributed by atoms with Crippen LogP contribution in [0.3, 0.4) is 0 Å². The smallest absolute Gasteiger partial charge is 0.193 e. The number of nitrogens with zero attached hydrogens (tertiary/aromatic N) is 2. The normalized spacial score (nSPS) is 11.2. The number of benzene rings is 18. The van der Waals surface area contributed by atoms with Crippen LogP contribution >= 0.6 is 0 Å². The van der Waals surface area contributed by atoms with Gasteiger partial charge in [0.1, 0.15) is 0 Å². The van der Waals surface area contributed by atoms with Crippen molar-refractivity contribution >= 4 is 49.4 Å². The Balaban J connectivity index is 0.000000154. The fourth-order valence-electron chi connectivity index (χ4n) is 16.1. The summed E-state index contributed by atoms with van der Waals surface area (Å²) in [7, 11) is 0. The molecule has 2 aromatic heterocycles. The Hall–Kier alpha value is -14.8. The lowest BCUT2D eigenvalue weighted by atomic mass is 9.88. The summed E-state index contributed by atoms with van der Waals surface area (Å²) in [6, 6.07) is 159. The summed E-state index contributed by atoms with van der Waals surface area (Å²) in [5.74, 6) is -0.0342. The average molecular weight is 1430 g/mol. The molecule has 526 valence electrons. The first-order valence-electron chi connectivity index (χ1n) is 38.3. The summed E-state index contributed by atoms with van der Waals surface area (Å²) in [6.07, 6.45) is 0. The molecule has 3 heteroatoms. The highest BCUT2D eigenvalue weighted by molar-refractivity contribution is 6.13. The Morgan fingerprint density at radius 3 is 0.616 bits per heavy atom. The quantitative estimate of drug-likeness (QED) is 0.0940. The van der Waals surface area contributed by atoms with E-state index in [1.807, 2.05) is 24.3 Å². The van der Waals surface area contributed by atoms with Gasteiger partial charge in [-0.1, -0.05) is 340 Å². The highest BCUT2D eigenvalue weighted by atomic mass is 16.1. The van der Waals surface area contributed by atoms with Gasteiger partial charge in [-0.15, -0.1) is 0 Å². The lowest BCUT2D eigenvalue weighted by molar-refractivity contribution is 0.103. The summed E-state index contributed by atoms with van der Waals surface area (Å²) in [6.45, 7) is 0. The standard InChI is InChI=1S/C61H42O.C48H32N2/c62-61(59-39-55(51-29-13-25-47(33-51)43-17-5-1-6-18-43)37-56(40-59)52-30-14-26-48(34-52)44-19-7-2-8-20-44)60-41-57(53-31-15-27-49(35-53)45-21-9-3-10-22-45)38-58(42-60)54-32-16-28-50(36-54)46-23-11-4-12-24-46;1-3-11-33(12-4-1)37-23-29-43-41-15-7-9-17-45(41)49(47(43)31-37)39-25-19-35(20-26-39)36-21-27-40(28-22-36)50-46-18-10-8-16-42(46)44-30-24-38(32-48(44)50)34-13-5-2-6-14-34/h1-42H;1-32H. The molecule has 0 N–H and O–H groups in total. The second-order valence-corrected chi connectivity index (χ2v) is 28.7. The first-order chi connectivity index (χ1) is 55.4. The molecule has 0 saturated heterocycles. The van der Waals surface area contributed by atoms with Gasteiger partial charge in [-0.2, -0.15) is 0 Å². The van der Waals surface area contributed by atoms with E-state index >= 15 is 4.79 Å². The number of aromatic nitrogens is 2. The zero-order chi connectivity index (χ0) is 74.7. The fraction of sp³-hybridized carbons (Fsp3) is 0. The molecule has 0 bridgehead atoms. The Morgan fingerprint density at radius 2 is 0.339 bits per heavy atom. The zero-order valence-corrected chi connectivity index (χ0v) is 61.5. The van der Waals surface area contributed by atoms with Crippen molar-refractivity contribution in [3.05, 3.63) is 460 Å². The molecule has 0 fully saturated rings. The van der Waals surface area contributed by atoms with Crippen molar-refractivity contribution in [3.63, 3.8) is 0 Å². The van der Waals surface area contributed by atoms with Crippen LogP contribution in [-0.2, 0) is 0 Å². The van der Waals surface area contributed by atoms with Crippen LogP contribution in [0, 0.1) is 0 Å². The van der Waals surface area contributed by atoms with Gasteiger partial charge in [-0.25, -0.2) is 0 Å². The number of rotatable bonds is 15. The molecular weight excluding hydrogens is 1350 g/mol. The molecule has 3 nitrogen and oxygen atoms in total. The van der Waals surface area contributed by atoms with Crippen molar-refractivity contribution in [2.75, 3.05) is 0 Å². The molecule has 18 aromatic carbocycles. The number of fused-ring (bicyclic) bond motifs is 6. The first-order valence-corrected chi connectivity index (χ1v) is 38.3. The molecule has 0 aliphatic rings. The van der Waals surface area contributed by atoms with Gasteiger partial charge in [0.15, 0.2) is 5.78 Å². The lowest BCUT2D eigenvalue weighted by Gasteiger charge is -2.15. The van der Waals surface area contributed by atoms with Crippen LogP contribution in [-0.4, -0.2) is 14.9 Å². The van der Waals surface area contributed by atoms with Crippen molar-refractivity contribution in [2.45, 2.75) is 0 Å². The molecule has 0 radical (unpaired) electrons. The first kappa shape index (κ1) is 67.8. The van der Waals surface area contributed by atoms with Gasteiger partial charge in [0, 0.05) is 44.0 Å². The third-order valence-electron chi connectivity index (χ3n) is 21.7. The SMILES string of the molecule is O=C(c1cc(-c2cccc(-c3ccccc3)c2)cc(-c2cccc(-c3ccccc3)c2)c1)c1cc(-c2cccc(-c3ccccc3)c2)cc(-c2cccc(-c3ccccc3)c2)c1.c1ccc(-c2ccc3c4ccccc4n(-c4ccc(-c5ccc(-n6c7ccccc7c7ccc(-c8ccccc8)cc76)cc5)cc4)c3c2)cc1. The van der Waals surface area contributed by atoms with E-state index in [1.54, 1.807) is 0 Å². The third-order valence-corrected chi connectivity index (χ3v) is 21.7. The van der Waals surface area contributed by atoms with Crippen LogP contribution in [0.4, 0.5) is 0 Å². The van der Waals surface area contributed by atoms with E-state index in [2.05, 4.69) is 434 Å². The van der Waals surface area contributed by atoms with E-state index < -0.39 is 0 Å². The van der Waals surface area contributed by atoms with Crippen molar-refractivity contribution < 1.29 is 4.79 Å². The predicted molar refractivity (Wildman–Crippen MR) is 471 cm³/mol. The molecule has 0 amide bonds. The molecule has 112 heavy (non-hydrogen) atoms. The van der Waals surface area contributed by atoms with E-state index in [4.69, 9.17) is 0 Å². The maximum absolute atomic E-state index is 15.3. The molecule has 0 atom stereocenters. The van der Waals surface area contributed by atoms with Crippen LogP contribution < -0.4 is 0 Å². The molecule has 2 heterocycles. The minimum atomic E-state index is -0.0342. The molecule has 0 unspecified atom stereocenters. The van der Waals surface area contributed by atoms with E-state index in [0.717, 1.165) is 100 Å². The van der Waals surface area contributed by atoms with Crippen LogP contribution in [0.2, 0.25) is 0 Å². The Labute approximate surface area is 652 Å². The molecule has 20 rings (SSSR count). The van der Waals surface area contributed by atoms with E-state index in [1.165, 1.54) is 77.0 Å². The molecular formula is C109H74N2O. The zero-order valence-electron chi connectivity index (χ0n) is 61.5. The minimum Gasteiger partial charge on any atom is -0.309 e. The number of para-hydroxylation sites is 2. The highest BCUT2D eigenvalue weighted by Crippen LogP contribution is 2.41. The minimum absolute atomic E-state index is 0.0342. The summed E-state index contributed by atoms with van der Waals surface area (Å²) < 4.78 is 4.80. The van der Waals surface area contributed by atoms with Crippen LogP contribution in [0.5, 0.6) is 0 Å². The van der Waals surface area contributed by atoms with Crippen molar-refractivity contribution in [1.29, 1.82) is 0 Å². The summed E-state index contributed by atoms with van der Waals surface area (Å²) >= 11 is 0. The summed E-state index contributed by atoms with van der Waals surface area (Å²) in [4.78, 5) is 15.3. The van der Waals surface area contributed by atoms with Crippen molar-refractivity contribution in [1.82, 2.24) is 9.13 Å². The number of hydrogen-bond acceptors (Lipinski definition) is 1. The Kier molecular flexibility index (Phi) is 18.2. The average Bonchev–Trinajstić information content (AvgIpc) is 1.60. The Bertz CT molecular complexity index is 6210. The van der Waals surface area contributed by atoms with Gasteiger partial charge in [-0.05, 0) is 232 Å². The number of hydrogen-bond donors (Lipinski definition) is 0. The topological polar surface area (TPSA) is 26.9 Å². The van der Waals surface area contributed by atoms with Crippen LogP contribution in [0.1, 0.15) is 15.9 Å². The largest absolute Gasteiger partial charge is 0.309 e. The van der Waals surface area contributed by atoms with Gasteiger partial charge in [-0.3, -0.25) is 4.79 Å². The van der Waals surface area contributed by atoms with Gasteiger partial charge in [0.05, 0.1) is 22.1 Å². The van der Waals surface area contributed by atoms with E-state index in [0.29, 0.717) is 11.1 Å². The second kappa shape index (κ2) is 30.1. The van der Waals surface area contributed by atoms with Crippen LogP contribution in [0.25, 0.3) is 177 Å². The summed E-state index contributed by atoms with van der Waals surface area (Å²) in [5.41, 5.74) is 32.9. The fourth-order valence-corrected chi connectivity index (χ4v) is 16.1. The van der Waals surface area contributed by atoms with E-state index in [9.17, 15) is 0 Å². The molecule has 0 saturated carbocycles. The van der Waals surface area contributed by atoms with Gasteiger partial charge >= 0.3 is 0 Å². The molecule has 0 spiro atoms. The van der Waals surface area contributed by atoms with Gasteiger partial charge in [0.25, 0.3) is 0 Å².